The minimum absolute atomic E-state index is 0.193. The second-order valence-electron chi connectivity index (χ2n) is 6.44. The second kappa shape index (κ2) is 7.17. The molecule has 1 N–H and O–H groups in total. The van der Waals surface area contributed by atoms with E-state index in [2.05, 4.69) is 10.3 Å². The van der Waals surface area contributed by atoms with Gasteiger partial charge in [-0.25, -0.2) is 4.98 Å². The molecule has 0 atom stereocenters. The molecule has 1 aliphatic rings. The molecule has 6 nitrogen and oxygen atoms in total. The van der Waals surface area contributed by atoms with Gasteiger partial charge in [-0.2, -0.15) is 0 Å². The summed E-state index contributed by atoms with van der Waals surface area (Å²) >= 11 is 0. The number of aromatic nitrogens is 2. The van der Waals surface area contributed by atoms with Crippen molar-refractivity contribution >= 4 is 17.2 Å². The van der Waals surface area contributed by atoms with Gasteiger partial charge in [0.2, 0.25) is 0 Å². The number of carbonyl (C=O) groups is 1. The fourth-order valence-electron chi connectivity index (χ4n) is 3.13. The molecule has 1 aromatic carbocycles. The number of carbonyl (C=O) groups excluding carboxylic acids is 1. The van der Waals surface area contributed by atoms with Gasteiger partial charge in [-0.1, -0.05) is 6.07 Å². The van der Waals surface area contributed by atoms with Gasteiger partial charge >= 0.3 is 0 Å². The third kappa shape index (κ3) is 3.41. The Labute approximate surface area is 151 Å². The maximum absolute atomic E-state index is 12.6. The lowest BCUT2D eigenvalue weighted by molar-refractivity contribution is 0.0253. The molecule has 1 fully saturated rings. The van der Waals surface area contributed by atoms with E-state index in [1.807, 2.05) is 49.5 Å². The molecule has 1 saturated heterocycles. The Balaban J connectivity index is 1.48. The predicted molar refractivity (Wildman–Crippen MR) is 98.8 cm³/mol. The first-order valence-corrected chi connectivity index (χ1v) is 8.79. The highest BCUT2D eigenvalue weighted by Gasteiger charge is 2.17. The monoisotopic (exact) mass is 351 g/mol. The molecule has 2 aromatic heterocycles. The lowest BCUT2D eigenvalue weighted by Gasteiger charge is -2.24. The average molecular weight is 351 g/mol. The van der Waals surface area contributed by atoms with Crippen LogP contribution in [0.5, 0.6) is 5.75 Å². The average Bonchev–Trinajstić information content (AvgIpc) is 3.09. The van der Waals surface area contributed by atoms with Crippen molar-refractivity contribution in [1.29, 1.82) is 0 Å². The fraction of sp³-hybridized carbons (Fsp3) is 0.300. The molecule has 26 heavy (non-hydrogen) atoms. The Morgan fingerprint density at radius 1 is 1.27 bits per heavy atom. The van der Waals surface area contributed by atoms with Crippen molar-refractivity contribution in [2.45, 2.75) is 25.9 Å². The van der Waals surface area contributed by atoms with Crippen molar-refractivity contribution in [2.75, 3.05) is 18.5 Å². The van der Waals surface area contributed by atoms with E-state index in [-0.39, 0.29) is 12.0 Å². The molecule has 134 valence electrons. The lowest BCUT2D eigenvalue weighted by atomic mass is 10.1. The van der Waals surface area contributed by atoms with Crippen LogP contribution in [0.2, 0.25) is 0 Å². The minimum atomic E-state index is -0.193. The van der Waals surface area contributed by atoms with Crippen molar-refractivity contribution in [3.05, 3.63) is 60.0 Å². The van der Waals surface area contributed by atoms with Gasteiger partial charge in [-0.05, 0) is 42.8 Å². The number of pyridine rings is 1. The lowest BCUT2D eigenvalue weighted by Crippen LogP contribution is -2.26. The van der Waals surface area contributed by atoms with E-state index >= 15 is 0 Å². The standard InChI is InChI=1S/C20H21N3O3/c1-14-12-15(5-6-18(14)26-16-7-10-25-11-8-16)22-20(24)17-13-21-19-4-2-3-9-23(17)19/h2-6,9,12-13,16H,7-8,10-11H2,1H3,(H,22,24). The Morgan fingerprint density at radius 2 is 2.12 bits per heavy atom. The molecule has 4 rings (SSSR count). The Kier molecular flexibility index (Phi) is 4.58. The summed E-state index contributed by atoms with van der Waals surface area (Å²) < 4.78 is 13.2. The summed E-state index contributed by atoms with van der Waals surface area (Å²) in [6, 6.07) is 11.3. The number of hydrogen-bond donors (Lipinski definition) is 1. The first-order valence-electron chi connectivity index (χ1n) is 8.79. The second-order valence-corrected chi connectivity index (χ2v) is 6.44. The van der Waals surface area contributed by atoms with E-state index in [1.165, 1.54) is 0 Å². The first kappa shape index (κ1) is 16.6. The van der Waals surface area contributed by atoms with Gasteiger partial charge in [0.1, 0.15) is 23.2 Å². The van der Waals surface area contributed by atoms with E-state index < -0.39 is 0 Å². The molecule has 3 aromatic rings. The predicted octanol–water partition coefficient (Wildman–Crippen LogP) is 3.45. The summed E-state index contributed by atoms with van der Waals surface area (Å²) in [4.78, 5) is 16.8. The number of fused-ring (bicyclic) bond motifs is 1. The third-order valence-electron chi connectivity index (χ3n) is 4.54. The Bertz CT molecular complexity index is 929. The fourth-order valence-corrected chi connectivity index (χ4v) is 3.13. The molecule has 0 saturated carbocycles. The molecule has 0 bridgehead atoms. The molecule has 1 aliphatic heterocycles. The molecular weight excluding hydrogens is 330 g/mol. The van der Waals surface area contributed by atoms with Crippen molar-refractivity contribution < 1.29 is 14.3 Å². The molecule has 0 aliphatic carbocycles. The van der Waals surface area contributed by atoms with Crippen LogP contribution in [0.25, 0.3) is 5.65 Å². The molecular formula is C20H21N3O3. The summed E-state index contributed by atoms with van der Waals surface area (Å²) in [5.41, 5.74) is 2.97. The van der Waals surface area contributed by atoms with Gasteiger partial charge in [-0.3, -0.25) is 9.20 Å². The largest absolute Gasteiger partial charge is 0.490 e. The van der Waals surface area contributed by atoms with Gasteiger partial charge in [-0.15, -0.1) is 0 Å². The van der Waals surface area contributed by atoms with Crippen LogP contribution < -0.4 is 10.1 Å². The molecule has 0 spiro atoms. The summed E-state index contributed by atoms with van der Waals surface area (Å²) in [6.07, 6.45) is 5.42. The summed E-state index contributed by atoms with van der Waals surface area (Å²) in [5, 5.41) is 2.93. The first-order chi connectivity index (χ1) is 12.7. The molecule has 6 heteroatoms. The van der Waals surface area contributed by atoms with Gasteiger partial charge in [0.05, 0.1) is 19.4 Å². The van der Waals surface area contributed by atoms with Gasteiger partial charge in [0.15, 0.2) is 0 Å². The van der Waals surface area contributed by atoms with E-state index in [0.717, 1.165) is 48.7 Å². The number of hydrogen-bond acceptors (Lipinski definition) is 4. The van der Waals surface area contributed by atoms with Crippen LogP contribution in [0.15, 0.2) is 48.8 Å². The minimum Gasteiger partial charge on any atom is -0.490 e. The topological polar surface area (TPSA) is 64.9 Å². The van der Waals surface area contributed by atoms with Crippen molar-refractivity contribution in [1.82, 2.24) is 9.38 Å². The number of nitrogens with zero attached hydrogens (tertiary/aromatic N) is 2. The zero-order valence-corrected chi connectivity index (χ0v) is 14.6. The maximum Gasteiger partial charge on any atom is 0.274 e. The maximum atomic E-state index is 12.6. The number of imidazole rings is 1. The number of rotatable bonds is 4. The normalized spacial score (nSPS) is 15.1. The quantitative estimate of drug-likeness (QED) is 0.782. The van der Waals surface area contributed by atoms with Crippen LogP contribution in [-0.2, 0) is 4.74 Å². The third-order valence-corrected chi connectivity index (χ3v) is 4.54. The number of nitrogens with one attached hydrogen (secondary N) is 1. The number of benzene rings is 1. The number of ether oxygens (including phenoxy) is 2. The van der Waals surface area contributed by atoms with E-state index in [4.69, 9.17) is 9.47 Å². The van der Waals surface area contributed by atoms with Crippen LogP contribution in [0.3, 0.4) is 0 Å². The summed E-state index contributed by atoms with van der Waals surface area (Å²) in [5.74, 6) is 0.658. The number of amides is 1. The van der Waals surface area contributed by atoms with E-state index in [0.29, 0.717) is 5.69 Å². The smallest absolute Gasteiger partial charge is 0.274 e. The van der Waals surface area contributed by atoms with Crippen molar-refractivity contribution in [3.63, 3.8) is 0 Å². The highest BCUT2D eigenvalue weighted by Crippen LogP contribution is 2.25. The van der Waals surface area contributed by atoms with E-state index in [9.17, 15) is 4.79 Å². The SMILES string of the molecule is Cc1cc(NC(=O)c2cnc3ccccn23)ccc1OC1CCOCC1. The van der Waals surface area contributed by atoms with Crippen LogP contribution in [-0.4, -0.2) is 34.6 Å². The van der Waals surface area contributed by atoms with Gasteiger partial charge < -0.3 is 14.8 Å². The molecule has 1 amide bonds. The van der Waals surface area contributed by atoms with Crippen molar-refractivity contribution in [3.8, 4) is 5.75 Å². The zero-order valence-electron chi connectivity index (χ0n) is 14.6. The van der Waals surface area contributed by atoms with Crippen LogP contribution in [0.4, 0.5) is 5.69 Å². The highest BCUT2D eigenvalue weighted by molar-refractivity contribution is 6.03. The highest BCUT2D eigenvalue weighted by atomic mass is 16.5. The van der Waals surface area contributed by atoms with Crippen LogP contribution in [0, 0.1) is 6.92 Å². The van der Waals surface area contributed by atoms with Gasteiger partial charge in [0, 0.05) is 24.7 Å². The molecule has 0 radical (unpaired) electrons. The van der Waals surface area contributed by atoms with Crippen LogP contribution >= 0.6 is 0 Å². The summed E-state index contributed by atoms with van der Waals surface area (Å²) in [7, 11) is 0. The van der Waals surface area contributed by atoms with Gasteiger partial charge in [0.25, 0.3) is 5.91 Å². The zero-order chi connectivity index (χ0) is 17.9. The molecule has 0 unspecified atom stereocenters. The Hall–Kier alpha value is -2.86. The Morgan fingerprint density at radius 3 is 2.92 bits per heavy atom. The number of aryl methyl sites for hydroxylation is 1. The molecule has 3 heterocycles. The summed E-state index contributed by atoms with van der Waals surface area (Å²) in [6.45, 7) is 3.48. The van der Waals surface area contributed by atoms with E-state index in [1.54, 1.807) is 10.6 Å². The van der Waals surface area contributed by atoms with Crippen LogP contribution in [0.1, 0.15) is 28.9 Å². The number of anilines is 1. The van der Waals surface area contributed by atoms with Crippen molar-refractivity contribution in [2.24, 2.45) is 0 Å².